The second-order valence-electron chi connectivity index (χ2n) is 7.16. The van der Waals surface area contributed by atoms with Crippen LogP contribution < -0.4 is 5.01 Å². The molecule has 1 aromatic heterocycles. The third-order valence-corrected chi connectivity index (χ3v) is 5.72. The average Bonchev–Trinajstić information content (AvgIpc) is 3.21. The summed E-state index contributed by atoms with van der Waals surface area (Å²) in [6, 6.07) is 15.1. The van der Waals surface area contributed by atoms with Crippen molar-refractivity contribution in [2.45, 2.75) is 44.6 Å². The third-order valence-electron chi connectivity index (χ3n) is 5.47. The van der Waals surface area contributed by atoms with E-state index in [1.165, 1.54) is 5.01 Å². The lowest BCUT2D eigenvalue weighted by molar-refractivity contribution is 0.260. The molecule has 2 aromatic carbocycles. The van der Waals surface area contributed by atoms with Gasteiger partial charge in [0.15, 0.2) is 5.82 Å². The van der Waals surface area contributed by atoms with Gasteiger partial charge in [-0.05, 0) is 66.1 Å². The molecule has 7 nitrogen and oxygen atoms in total. The van der Waals surface area contributed by atoms with Crippen LogP contribution in [0.15, 0.2) is 53.8 Å². The molecule has 28 heavy (non-hydrogen) atoms. The van der Waals surface area contributed by atoms with Gasteiger partial charge in [0.1, 0.15) is 5.54 Å². The summed E-state index contributed by atoms with van der Waals surface area (Å²) in [4.78, 5) is 12.1. The number of hydrogen-bond donors (Lipinski definition) is 0. The van der Waals surface area contributed by atoms with Crippen LogP contribution in [0.4, 0.5) is 5.69 Å². The van der Waals surface area contributed by atoms with E-state index < -0.39 is 5.54 Å². The van der Waals surface area contributed by atoms with Gasteiger partial charge in [-0.2, -0.15) is 4.68 Å². The van der Waals surface area contributed by atoms with Gasteiger partial charge in [0.2, 0.25) is 0 Å². The number of nitroso groups, excluding NO2 is 1. The second-order valence-corrected chi connectivity index (χ2v) is 7.60. The summed E-state index contributed by atoms with van der Waals surface area (Å²) in [5, 5.41) is 18.2. The molecule has 1 aliphatic carbocycles. The largest absolute Gasteiger partial charge is 0.215 e. The van der Waals surface area contributed by atoms with Gasteiger partial charge in [0, 0.05) is 5.02 Å². The fraction of sp³-hybridized carbons (Fsp3) is 0.350. The minimum absolute atomic E-state index is 0.608. The third kappa shape index (κ3) is 3.16. The molecule has 0 radical (unpaired) electrons. The van der Waals surface area contributed by atoms with Gasteiger partial charge >= 0.3 is 0 Å². The maximum atomic E-state index is 12.1. The first-order chi connectivity index (χ1) is 13.7. The summed E-state index contributed by atoms with van der Waals surface area (Å²) >= 11 is 6.04. The predicted molar refractivity (Wildman–Crippen MR) is 108 cm³/mol. The zero-order valence-electron chi connectivity index (χ0n) is 15.6. The van der Waals surface area contributed by atoms with Crippen molar-refractivity contribution in [1.29, 1.82) is 0 Å². The Balaban J connectivity index is 1.88. The van der Waals surface area contributed by atoms with Crippen LogP contribution in [0.3, 0.4) is 0 Å². The molecule has 0 N–H and O–H groups in total. The normalized spacial score (nSPS) is 15.9. The molecule has 144 valence electrons. The topological polar surface area (TPSA) is 76.3 Å². The summed E-state index contributed by atoms with van der Waals surface area (Å²) in [6.07, 6.45) is 4.54. The summed E-state index contributed by atoms with van der Waals surface area (Å²) in [6.45, 7) is 2.02. The van der Waals surface area contributed by atoms with E-state index in [1.807, 2.05) is 43.3 Å². The summed E-state index contributed by atoms with van der Waals surface area (Å²) < 4.78 is 1.74. The first-order valence-electron chi connectivity index (χ1n) is 9.40. The molecule has 0 atom stereocenters. The number of hydrogen-bond acceptors (Lipinski definition) is 5. The summed E-state index contributed by atoms with van der Waals surface area (Å²) in [7, 11) is 0. The number of rotatable bonds is 5. The van der Waals surface area contributed by atoms with E-state index in [0.29, 0.717) is 16.5 Å². The van der Waals surface area contributed by atoms with E-state index in [0.717, 1.165) is 43.4 Å². The van der Waals surface area contributed by atoms with E-state index in [9.17, 15) is 4.91 Å². The molecule has 1 fully saturated rings. The van der Waals surface area contributed by atoms with Crippen LogP contribution in [0, 0.1) is 11.8 Å². The molecule has 8 heteroatoms. The van der Waals surface area contributed by atoms with E-state index in [1.54, 1.807) is 16.8 Å². The maximum absolute atomic E-state index is 12.1. The molecule has 4 rings (SSSR count). The van der Waals surface area contributed by atoms with Gasteiger partial charge < -0.3 is 0 Å². The molecule has 3 aromatic rings. The van der Waals surface area contributed by atoms with E-state index in [-0.39, 0.29) is 0 Å². The lowest BCUT2D eigenvalue weighted by atomic mass is 9.80. The Morgan fingerprint density at radius 2 is 1.79 bits per heavy atom. The molecular formula is C20H21ClN6O. The molecule has 1 heterocycles. The minimum atomic E-state index is -0.709. The Hall–Kier alpha value is -2.80. The van der Waals surface area contributed by atoms with Crippen molar-refractivity contribution in [2.75, 3.05) is 5.01 Å². The van der Waals surface area contributed by atoms with Crippen molar-refractivity contribution < 1.29 is 0 Å². The molecule has 0 spiro atoms. The van der Waals surface area contributed by atoms with Crippen molar-refractivity contribution in [3.63, 3.8) is 0 Å². The van der Waals surface area contributed by atoms with Crippen molar-refractivity contribution in [3.05, 3.63) is 69.8 Å². The second kappa shape index (κ2) is 7.67. The van der Waals surface area contributed by atoms with Gasteiger partial charge in [-0.1, -0.05) is 49.1 Å². The van der Waals surface area contributed by atoms with Crippen LogP contribution in [0.1, 0.15) is 43.5 Å². The van der Waals surface area contributed by atoms with E-state index >= 15 is 0 Å². The van der Waals surface area contributed by atoms with Gasteiger partial charge in [0.05, 0.1) is 16.7 Å². The Morgan fingerprint density at radius 1 is 1.07 bits per heavy atom. The SMILES string of the molecule is Cc1ccccc1-n1nnnc1C1(N(N=O)c2ccc(Cl)cc2)CCCCC1. The zero-order chi connectivity index (χ0) is 19.6. The van der Waals surface area contributed by atoms with Crippen molar-refractivity contribution in [3.8, 4) is 5.69 Å². The van der Waals surface area contributed by atoms with Crippen LogP contribution in [0.2, 0.25) is 5.02 Å². The number of halogens is 1. The van der Waals surface area contributed by atoms with Gasteiger partial charge in [0.25, 0.3) is 0 Å². The molecule has 0 amide bonds. The van der Waals surface area contributed by atoms with Gasteiger partial charge in [-0.25, -0.2) is 5.01 Å². The fourth-order valence-electron chi connectivity index (χ4n) is 4.06. The molecule has 1 aliphatic rings. The number of tetrazole rings is 1. The highest BCUT2D eigenvalue weighted by Gasteiger charge is 2.46. The first-order valence-corrected chi connectivity index (χ1v) is 9.77. The maximum Gasteiger partial charge on any atom is 0.184 e. The Morgan fingerprint density at radius 3 is 2.46 bits per heavy atom. The van der Waals surface area contributed by atoms with Crippen LogP contribution in [-0.2, 0) is 5.54 Å². The van der Waals surface area contributed by atoms with Crippen LogP contribution in [-0.4, -0.2) is 20.2 Å². The molecule has 0 unspecified atom stereocenters. The predicted octanol–water partition coefficient (Wildman–Crippen LogP) is 4.97. The van der Waals surface area contributed by atoms with Crippen molar-refractivity contribution in [2.24, 2.45) is 5.29 Å². The van der Waals surface area contributed by atoms with Gasteiger partial charge in [-0.15, -0.1) is 10.0 Å². The standard InChI is InChI=1S/C20H21ClN6O/c1-15-7-3-4-8-18(15)26-19(22-23-24-26)20(13-5-2-6-14-20)27(25-28)17-11-9-16(21)10-12-17/h3-4,7-12H,2,5-6,13-14H2,1H3. The molecular weight excluding hydrogens is 376 g/mol. The number of benzene rings is 2. The highest BCUT2D eigenvalue weighted by atomic mass is 35.5. The smallest absolute Gasteiger partial charge is 0.184 e. The molecule has 0 aliphatic heterocycles. The van der Waals surface area contributed by atoms with Gasteiger partial charge in [-0.3, -0.25) is 0 Å². The number of nitrogens with zero attached hydrogens (tertiary/aromatic N) is 6. The Labute approximate surface area is 168 Å². The van der Waals surface area contributed by atoms with Crippen LogP contribution >= 0.6 is 11.6 Å². The number of para-hydroxylation sites is 1. The number of aromatic nitrogens is 4. The zero-order valence-corrected chi connectivity index (χ0v) is 16.4. The number of aryl methyl sites for hydroxylation is 1. The lowest BCUT2D eigenvalue weighted by Gasteiger charge is -2.41. The monoisotopic (exact) mass is 396 g/mol. The van der Waals surface area contributed by atoms with E-state index in [4.69, 9.17) is 11.6 Å². The van der Waals surface area contributed by atoms with Crippen LogP contribution in [0.25, 0.3) is 5.69 Å². The highest BCUT2D eigenvalue weighted by molar-refractivity contribution is 6.30. The Bertz CT molecular complexity index is 965. The van der Waals surface area contributed by atoms with Crippen molar-refractivity contribution in [1.82, 2.24) is 20.2 Å². The summed E-state index contributed by atoms with van der Waals surface area (Å²) in [5.74, 6) is 0.635. The average molecular weight is 397 g/mol. The fourth-order valence-corrected chi connectivity index (χ4v) is 4.19. The van der Waals surface area contributed by atoms with Crippen molar-refractivity contribution >= 4 is 17.3 Å². The van der Waals surface area contributed by atoms with E-state index in [2.05, 4.69) is 20.8 Å². The molecule has 0 bridgehead atoms. The lowest BCUT2D eigenvalue weighted by Crippen LogP contribution is -2.46. The quantitative estimate of drug-likeness (QED) is 0.449. The van der Waals surface area contributed by atoms with Crippen LogP contribution in [0.5, 0.6) is 0 Å². The first kappa shape index (κ1) is 18.6. The minimum Gasteiger partial charge on any atom is -0.215 e. The summed E-state index contributed by atoms with van der Waals surface area (Å²) in [5.41, 5.74) is 1.92. The molecule has 0 saturated heterocycles. The Kier molecular flexibility index (Phi) is 5.09. The molecule has 1 saturated carbocycles. The number of anilines is 1. The highest BCUT2D eigenvalue weighted by Crippen LogP contribution is 2.44.